The topological polar surface area (TPSA) is 80.4 Å². The minimum Gasteiger partial charge on any atom is -0.353 e. The zero-order valence-electron chi connectivity index (χ0n) is 18.3. The second-order valence-corrected chi connectivity index (χ2v) is 9.37. The Kier molecular flexibility index (Phi) is 4.84. The largest absolute Gasteiger partial charge is 0.353 e. The van der Waals surface area contributed by atoms with E-state index in [1.807, 2.05) is 40.5 Å². The average molecular weight is 420 g/mol. The Morgan fingerprint density at radius 3 is 2.68 bits per heavy atom. The summed E-state index contributed by atoms with van der Waals surface area (Å²) in [5, 5.41) is 6.44. The fraction of sp³-hybridized carbons (Fsp3) is 0.458. The lowest BCUT2D eigenvalue weighted by atomic mass is 10.1. The molecule has 1 aromatic carbocycles. The molecule has 0 unspecified atom stereocenters. The summed E-state index contributed by atoms with van der Waals surface area (Å²) in [4.78, 5) is 30.2. The molecule has 0 spiro atoms. The number of hydrogen-bond donors (Lipinski definition) is 2. The van der Waals surface area contributed by atoms with Gasteiger partial charge in [-0.15, -0.1) is 0 Å². The molecule has 2 N–H and O–H groups in total. The Bertz CT molecular complexity index is 1210. The number of aryl methyl sites for hydroxylation is 1. The summed E-state index contributed by atoms with van der Waals surface area (Å²) >= 11 is 0. The smallest absolute Gasteiger partial charge is 0.272 e. The van der Waals surface area contributed by atoms with E-state index >= 15 is 0 Å². The van der Waals surface area contributed by atoms with E-state index in [0.717, 1.165) is 60.3 Å². The van der Waals surface area contributed by atoms with Crippen LogP contribution in [0.5, 0.6) is 0 Å². The van der Waals surface area contributed by atoms with Crippen molar-refractivity contribution in [3.8, 4) is 0 Å². The minimum absolute atomic E-state index is 0.0366. The van der Waals surface area contributed by atoms with Gasteiger partial charge in [-0.3, -0.25) is 9.59 Å². The molecule has 7 nitrogen and oxygen atoms in total. The summed E-state index contributed by atoms with van der Waals surface area (Å²) in [7, 11) is 0. The SMILES string of the molecule is Cc1ccc(C(=O)NC2CC2)cc1Nc1cnc2c(CC(C)C)c(=O)n(C3CC3)n2c1. The summed E-state index contributed by atoms with van der Waals surface area (Å²) in [6.07, 6.45) is 8.62. The van der Waals surface area contributed by atoms with Crippen LogP contribution in [0.1, 0.15) is 67.1 Å². The van der Waals surface area contributed by atoms with E-state index < -0.39 is 0 Å². The molecule has 2 aliphatic carbocycles. The molecule has 0 aliphatic heterocycles. The molecule has 0 radical (unpaired) electrons. The first-order valence-electron chi connectivity index (χ1n) is 11.2. The summed E-state index contributed by atoms with van der Waals surface area (Å²) in [5.41, 5.74) is 4.94. The first-order valence-corrected chi connectivity index (χ1v) is 11.2. The normalized spacial score (nSPS) is 16.1. The molecule has 0 saturated heterocycles. The van der Waals surface area contributed by atoms with Crippen molar-refractivity contribution in [1.29, 1.82) is 0 Å². The molecule has 31 heavy (non-hydrogen) atoms. The number of fused-ring (bicyclic) bond motifs is 1. The van der Waals surface area contributed by atoms with E-state index in [4.69, 9.17) is 0 Å². The number of aromatic nitrogens is 3. The number of carbonyl (C=O) groups excluding carboxylic acids is 1. The second-order valence-electron chi connectivity index (χ2n) is 9.37. The van der Waals surface area contributed by atoms with Crippen LogP contribution in [-0.2, 0) is 6.42 Å². The van der Waals surface area contributed by atoms with Crippen molar-refractivity contribution < 1.29 is 4.79 Å². The predicted molar refractivity (Wildman–Crippen MR) is 121 cm³/mol. The van der Waals surface area contributed by atoms with Crippen molar-refractivity contribution >= 4 is 22.9 Å². The van der Waals surface area contributed by atoms with Crippen molar-refractivity contribution in [2.45, 2.75) is 65.0 Å². The second kappa shape index (κ2) is 7.55. The zero-order chi connectivity index (χ0) is 21.7. The predicted octanol–water partition coefficient (Wildman–Crippen LogP) is 3.97. The molecule has 0 bridgehead atoms. The number of benzene rings is 1. The van der Waals surface area contributed by atoms with Gasteiger partial charge in [-0.1, -0.05) is 19.9 Å². The molecule has 7 heteroatoms. The number of rotatable bonds is 7. The van der Waals surface area contributed by atoms with Crippen LogP contribution in [0.4, 0.5) is 11.4 Å². The Morgan fingerprint density at radius 2 is 2.00 bits per heavy atom. The quantitative estimate of drug-likeness (QED) is 0.607. The van der Waals surface area contributed by atoms with Crippen LogP contribution in [-0.4, -0.2) is 26.1 Å². The van der Waals surface area contributed by atoms with Gasteiger partial charge in [0.25, 0.3) is 11.5 Å². The van der Waals surface area contributed by atoms with E-state index in [9.17, 15) is 9.59 Å². The first-order chi connectivity index (χ1) is 14.9. The van der Waals surface area contributed by atoms with Crippen molar-refractivity contribution in [2.75, 3.05) is 5.32 Å². The first kappa shape index (κ1) is 19.8. The Hall–Kier alpha value is -3.09. The maximum atomic E-state index is 13.1. The molecule has 162 valence electrons. The number of nitrogens with zero attached hydrogens (tertiary/aromatic N) is 3. The lowest BCUT2D eigenvalue weighted by Crippen LogP contribution is -2.25. The maximum Gasteiger partial charge on any atom is 0.272 e. The number of nitrogens with one attached hydrogen (secondary N) is 2. The molecule has 1 amide bonds. The van der Waals surface area contributed by atoms with Gasteiger partial charge in [0.05, 0.1) is 29.7 Å². The number of hydrogen-bond acceptors (Lipinski definition) is 4. The molecule has 2 saturated carbocycles. The van der Waals surface area contributed by atoms with E-state index in [1.54, 1.807) is 6.20 Å². The van der Waals surface area contributed by atoms with Gasteiger partial charge in [0, 0.05) is 17.3 Å². The lowest BCUT2D eigenvalue weighted by Gasteiger charge is -2.13. The third kappa shape index (κ3) is 3.96. The van der Waals surface area contributed by atoms with Gasteiger partial charge in [-0.2, -0.15) is 0 Å². The highest BCUT2D eigenvalue weighted by Gasteiger charge is 2.30. The molecule has 2 fully saturated rings. The number of anilines is 2. The van der Waals surface area contributed by atoms with Crippen LogP contribution in [0, 0.1) is 12.8 Å². The van der Waals surface area contributed by atoms with Crippen LogP contribution in [0.2, 0.25) is 0 Å². The minimum atomic E-state index is -0.0366. The third-order valence-electron chi connectivity index (χ3n) is 5.97. The molecular weight excluding hydrogens is 390 g/mol. The van der Waals surface area contributed by atoms with Crippen molar-refractivity contribution in [2.24, 2.45) is 5.92 Å². The zero-order valence-corrected chi connectivity index (χ0v) is 18.3. The fourth-order valence-corrected chi connectivity index (χ4v) is 3.99. The van der Waals surface area contributed by atoms with Gasteiger partial charge in [-0.25, -0.2) is 14.2 Å². The molecule has 2 aromatic heterocycles. The molecular formula is C24H29N5O2. The van der Waals surface area contributed by atoms with Crippen LogP contribution in [0.25, 0.3) is 5.65 Å². The van der Waals surface area contributed by atoms with Crippen LogP contribution in [0.15, 0.2) is 35.4 Å². The van der Waals surface area contributed by atoms with Crippen LogP contribution >= 0.6 is 0 Å². The van der Waals surface area contributed by atoms with E-state index in [0.29, 0.717) is 17.5 Å². The summed E-state index contributed by atoms with van der Waals surface area (Å²) < 4.78 is 3.77. The maximum absolute atomic E-state index is 13.1. The van der Waals surface area contributed by atoms with Crippen molar-refractivity contribution in [3.63, 3.8) is 0 Å². The van der Waals surface area contributed by atoms with E-state index in [-0.39, 0.29) is 17.5 Å². The Morgan fingerprint density at radius 1 is 1.23 bits per heavy atom. The summed E-state index contributed by atoms with van der Waals surface area (Å²) in [6.45, 7) is 6.25. The van der Waals surface area contributed by atoms with E-state index in [1.165, 1.54) is 0 Å². The van der Waals surface area contributed by atoms with Crippen molar-refractivity contribution in [3.05, 3.63) is 57.6 Å². The van der Waals surface area contributed by atoms with Gasteiger partial charge >= 0.3 is 0 Å². The molecule has 2 heterocycles. The standard InChI is InChI=1S/C24H29N5O2/c1-14(2)10-20-22-25-12-18(13-28(22)29(24(20)31)19-8-9-19)26-21-11-16(5-4-15(21)3)23(30)27-17-6-7-17/h4-5,11-14,17,19,26H,6-10H2,1-3H3,(H,27,30). The van der Waals surface area contributed by atoms with Crippen molar-refractivity contribution in [1.82, 2.24) is 19.5 Å². The third-order valence-corrected chi connectivity index (χ3v) is 5.97. The lowest BCUT2D eigenvalue weighted by molar-refractivity contribution is 0.0951. The fourth-order valence-electron chi connectivity index (χ4n) is 3.99. The highest BCUT2D eigenvalue weighted by molar-refractivity contribution is 5.96. The molecule has 2 aliphatic rings. The highest BCUT2D eigenvalue weighted by Crippen LogP contribution is 2.34. The molecule has 0 atom stereocenters. The van der Waals surface area contributed by atoms with Gasteiger partial charge < -0.3 is 10.6 Å². The molecule has 3 aromatic rings. The van der Waals surface area contributed by atoms with Crippen LogP contribution < -0.4 is 16.2 Å². The summed E-state index contributed by atoms with van der Waals surface area (Å²) in [6, 6.07) is 6.27. The van der Waals surface area contributed by atoms with Gasteiger partial charge in [0.1, 0.15) is 0 Å². The molecule has 5 rings (SSSR count). The Labute approximate surface area is 181 Å². The monoisotopic (exact) mass is 419 g/mol. The number of amides is 1. The van der Waals surface area contributed by atoms with E-state index in [2.05, 4.69) is 29.5 Å². The summed E-state index contributed by atoms with van der Waals surface area (Å²) in [5.74, 6) is 0.351. The Balaban J connectivity index is 1.49. The van der Waals surface area contributed by atoms with Gasteiger partial charge in [0.15, 0.2) is 5.65 Å². The number of carbonyl (C=O) groups is 1. The average Bonchev–Trinajstić information content (AvgIpc) is 3.65. The highest BCUT2D eigenvalue weighted by atomic mass is 16.2. The van der Waals surface area contributed by atoms with Gasteiger partial charge in [-0.05, 0) is 62.6 Å². The van der Waals surface area contributed by atoms with Gasteiger partial charge in [0.2, 0.25) is 0 Å². The van der Waals surface area contributed by atoms with Crippen LogP contribution in [0.3, 0.4) is 0 Å².